The van der Waals surface area contributed by atoms with Crippen LogP contribution in [0.3, 0.4) is 0 Å². The number of hydrogen-bond donors (Lipinski definition) is 2. The molecule has 1 aliphatic carbocycles. The van der Waals surface area contributed by atoms with Gasteiger partial charge in [-0.2, -0.15) is 0 Å². The number of nitrogens with two attached hydrogens (primary N) is 1. The van der Waals surface area contributed by atoms with Gasteiger partial charge < -0.3 is 10.8 Å². The van der Waals surface area contributed by atoms with Crippen LogP contribution in [0.4, 0.5) is 0 Å². The smallest absolute Gasteiger partial charge is 0.308 e. The SMILES string of the molecule is CC(C(=O)O)C1(N)C=CC=CC1. The Kier molecular flexibility index (Phi) is 2.33. The molecule has 12 heavy (non-hydrogen) atoms. The summed E-state index contributed by atoms with van der Waals surface area (Å²) in [5.74, 6) is -1.39. The molecule has 3 nitrogen and oxygen atoms in total. The van der Waals surface area contributed by atoms with Gasteiger partial charge in [-0.1, -0.05) is 24.3 Å². The largest absolute Gasteiger partial charge is 0.481 e. The molecule has 1 rings (SSSR count). The highest BCUT2D eigenvalue weighted by atomic mass is 16.4. The van der Waals surface area contributed by atoms with Crippen LogP contribution in [0.5, 0.6) is 0 Å². The first-order chi connectivity index (χ1) is 5.56. The van der Waals surface area contributed by atoms with Gasteiger partial charge in [0.2, 0.25) is 0 Å². The van der Waals surface area contributed by atoms with Crippen LogP contribution in [0.15, 0.2) is 24.3 Å². The van der Waals surface area contributed by atoms with Crippen molar-refractivity contribution >= 4 is 5.97 Å². The molecule has 0 amide bonds. The van der Waals surface area contributed by atoms with Gasteiger partial charge >= 0.3 is 5.97 Å². The summed E-state index contributed by atoms with van der Waals surface area (Å²) in [7, 11) is 0. The van der Waals surface area contributed by atoms with E-state index in [2.05, 4.69) is 0 Å². The molecule has 0 heterocycles. The predicted molar refractivity (Wildman–Crippen MR) is 46.6 cm³/mol. The maximum Gasteiger partial charge on any atom is 0.308 e. The zero-order valence-electron chi connectivity index (χ0n) is 7.03. The van der Waals surface area contributed by atoms with Gasteiger partial charge in [0.1, 0.15) is 0 Å². The number of carboxylic acid groups (broad SMARTS) is 1. The summed E-state index contributed by atoms with van der Waals surface area (Å²) in [5.41, 5.74) is 5.18. The van der Waals surface area contributed by atoms with Crippen molar-refractivity contribution in [3.05, 3.63) is 24.3 Å². The van der Waals surface area contributed by atoms with Crippen molar-refractivity contribution < 1.29 is 9.90 Å². The van der Waals surface area contributed by atoms with Gasteiger partial charge in [-0.3, -0.25) is 4.79 Å². The number of rotatable bonds is 2. The summed E-state index contributed by atoms with van der Waals surface area (Å²) in [6, 6.07) is 0. The van der Waals surface area contributed by atoms with Crippen LogP contribution in [-0.2, 0) is 4.79 Å². The Hall–Kier alpha value is -1.09. The molecule has 3 N–H and O–H groups in total. The Morgan fingerprint density at radius 2 is 2.33 bits per heavy atom. The van der Waals surface area contributed by atoms with Crippen molar-refractivity contribution in [1.82, 2.24) is 0 Å². The molecule has 2 atom stereocenters. The minimum atomic E-state index is -0.850. The number of carbonyl (C=O) groups is 1. The lowest BCUT2D eigenvalue weighted by Gasteiger charge is -2.30. The van der Waals surface area contributed by atoms with E-state index < -0.39 is 17.4 Å². The second-order valence-corrected chi connectivity index (χ2v) is 3.16. The molecule has 0 fully saturated rings. The third-order valence-corrected chi connectivity index (χ3v) is 2.30. The highest BCUT2D eigenvalue weighted by Crippen LogP contribution is 2.23. The van der Waals surface area contributed by atoms with E-state index in [9.17, 15) is 4.79 Å². The maximum atomic E-state index is 10.7. The number of allylic oxidation sites excluding steroid dienone is 2. The quantitative estimate of drug-likeness (QED) is 0.642. The zero-order valence-corrected chi connectivity index (χ0v) is 7.03. The summed E-state index contributed by atoms with van der Waals surface area (Å²) in [6.07, 6.45) is 7.91. The van der Waals surface area contributed by atoms with E-state index in [0.717, 1.165) is 0 Å². The topological polar surface area (TPSA) is 63.3 Å². The Balaban J connectivity index is 2.78. The van der Waals surface area contributed by atoms with Gasteiger partial charge in [-0.05, 0) is 13.3 Å². The highest BCUT2D eigenvalue weighted by Gasteiger charge is 2.33. The molecular weight excluding hydrogens is 154 g/mol. The molecule has 0 bridgehead atoms. The van der Waals surface area contributed by atoms with Gasteiger partial charge in [-0.25, -0.2) is 0 Å². The van der Waals surface area contributed by atoms with Gasteiger partial charge in [0.05, 0.1) is 11.5 Å². The van der Waals surface area contributed by atoms with E-state index in [0.29, 0.717) is 6.42 Å². The van der Waals surface area contributed by atoms with Crippen LogP contribution >= 0.6 is 0 Å². The summed E-state index contributed by atoms with van der Waals surface area (Å²) in [6.45, 7) is 1.63. The van der Waals surface area contributed by atoms with Crippen molar-refractivity contribution in [2.24, 2.45) is 11.7 Å². The standard InChI is InChI=1S/C9H13NO2/c1-7(8(11)12)9(10)5-3-2-4-6-9/h2-5,7H,6,10H2,1H3,(H,11,12). The lowest BCUT2D eigenvalue weighted by molar-refractivity contribution is -0.142. The normalized spacial score (nSPS) is 30.2. The van der Waals surface area contributed by atoms with Crippen molar-refractivity contribution in [2.75, 3.05) is 0 Å². The summed E-state index contributed by atoms with van der Waals surface area (Å²) in [4.78, 5) is 10.7. The average molecular weight is 167 g/mol. The number of carboxylic acids is 1. The predicted octanol–water partition coefficient (Wildman–Crippen LogP) is 0.921. The van der Waals surface area contributed by atoms with Gasteiger partial charge in [0.25, 0.3) is 0 Å². The molecule has 66 valence electrons. The first-order valence-corrected chi connectivity index (χ1v) is 3.92. The first-order valence-electron chi connectivity index (χ1n) is 3.92. The Morgan fingerprint density at radius 1 is 1.67 bits per heavy atom. The Labute approximate surface area is 71.6 Å². The zero-order chi connectivity index (χ0) is 9.19. The lowest BCUT2D eigenvalue weighted by atomic mass is 9.81. The fraction of sp³-hybridized carbons (Fsp3) is 0.444. The molecule has 0 aromatic heterocycles. The second-order valence-electron chi connectivity index (χ2n) is 3.16. The summed E-state index contributed by atoms with van der Waals surface area (Å²) >= 11 is 0. The Morgan fingerprint density at radius 3 is 2.75 bits per heavy atom. The van der Waals surface area contributed by atoms with E-state index >= 15 is 0 Å². The molecule has 0 saturated heterocycles. The van der Waals surface area contributed by atoms with Crippen molar-refractivity contribution in [1.29, 1.82) is 0 Å². The molecule has 0 spiro atoms. The minimum Gasteiger partial charge on any atom is -0.481 e. The summed E-state index contributed by atoms with van der Waals surface area (Å²) in [5, 5.41) is 8.76. The van der Waals surface area contributed by atoms with Crippen molar-refractivity contribution in [3.63, 3.8) is 0 Å². The van der Waals surface area contributed by atoms with Gasteiger partial charge in [0.15, 0.2) is 0 Å². The lowest BCUT2D eigenvalue weighted by Crippen LogP contribution is -2.47. The van der Waals surface area contributed by atoms with Gasteiger partial charge in [0, 0.05) is 0 Å². The fourth-order valence-corrected chi connectivity index (χ4v) is 1.20. The molecule has 1 aliphatic rings. The number of hydrogen-bond acceptors (Lipinski definition) is 2. The van der Waals surface area contributed by atoms with Crippen molar-refractivity contribution in [2.45, 2.75) is 18.9 Å². The van der Waals surface area contributed by atoms with Crippen LogP contribution in [0.2, 0.25) is 0 Å². The van der Waals surface area contributed by atoms with E-state index in [-0.39, 0.29) is 0 Å². The highest BCUT2D eigenvalue weighted by molar-refractivity contribution is 5.72. The molecule has 0 aromatic rings. The molecule has 3 heteroatoms. The van der Waals surface area contributed by atoms with E-state index in [4.69, 9.17) is 10.8 Å². The first kappa shape index (κ1) is 9.00. The summed E-state index contributed by atoms with van der Waals surface area (Å²) < 4.78 is 0. The molecule has 0 aromatic carbocycles. The fourth-order valence-electron chi connectivity index (χ4n) is 1.20. The average Bonchev–Trinajstić information content (AvgIpc) is 2.04. The minimum absolute atomic E-state index is 0.543. The van der Waals surface area contributed by atoms with E-state index in [1.807, 2.05) is 12.2 Å². The molecule has 0 aliphatic heterocycles. The van der Waals surface area contributed by atoms with Crippen molar-refractivity contribution in [3.8, 4) is 0 Å². The van der Waals surface area contributed by atoms with Crippen LogP contribution in [0.25, 0.3) is 0 Å². The maximum absolute atomic E-state index is 10.7. The number of aliphatic carboxylic acids is 1. The third kappa shape index (κ3) is 1.56. The van der Waals surface area contributed by atoms with Crippen LogP contribution in [0.1, 0.15) is 13.3 Å². The second kappa shape index (κ2) is 3.11. The van der Waals surface area contributed by atoms with E-state index in [1.54, 1.807) is 19.1 Å². The van der Waals surface area contributed by atoms with E-state index in [1.165, 1.54) is 0 Å². The molecule has 0 radical (unpaired) electrons. The van der Waals surface area contributed by atoms with Crippen LogP contribution in [-0.4, -0.2) is 16.6 Å². The van der Waals surface area contributed by atoms with Crippen LogP contribution < -0.4 is 5.73 Å². The third-order valence-electron chi connectivity index (χ3n) is 2.30. The Bertz CT molecular complexity index is 245. The van der Waals surface area contributed by atoms with Crippen LogP contribution in [0, 0.1) is 5.92 Å². The van der Waals surface area contributed by atoms with Gasteiger partial charge in [-0.15, -0.1) is 0 Å². The molecule has 0 saturated carbocycles. The molecular formula is C9H13NO2. The molecule has 2 unspecified atom stereocenters. The monoisotopic (exact) mass is 167 g/mol.